The lowest BCUT2D eigenvalue weighted by Crippen LogP contribution is -2.44. The van der Waals surface area contributed by atoms with Crippen LogP contribution in [0.5, 0.6) is 0 Å². The van der Waals surface area contributed by atoms with Gasteiger partial charge in [0.15, 0.2) is 0 Å². The van der Waals surface area contributed by atoms with Crippen molar-refractivity contribution in [1.29, 1.82) is 0 Å². The molecule has 6 nitrogen and oxygen atoms in total. The van der Waals surface area contributed by atoms with E-state index in [1.54, 1.807) is 28.0 Å². The second kappa shape index (κ2) is 7.03. The van der Waals surface area contributed by atoms with Crippen molar-refractivity contribution >= 4 is 23.4 Å². The summed E-state index contributed by atoms with van der Waals surface area (Å²) in [5.74, 6) is -0.148. The molecule has 6 heteroatoms. The predicted octanol–water partition coefficient (Wildman–Crippen LogP) is 2.73. The van der Waals surface area contributed by atoms with E-state index in [9.17, 15) is 14.4 Å². The number of nitrogens with zero attached hydrogens (tertiary/aromatic N) is 2. The molecule has 1 aliphatic carbocycles. The number of anilines is 1. The number of rotatable bonds is 4. The zero-order chi connectivity index (χ0) is 20.0. The van der Waals surface area contributed by atoms with Gasteiger partial charge < -0.3 is 15.1 Å². The molecule has 0 radical (unpaired) electrons. The molecule has 5 rings (SSSR count). The molecule has 1 saturated carbocycles. The monoisotopic (exact) mass is 389 g/mol. The van der Waals surface area contributed by atoms with Gasteiger partial charge in [0.25, 0.3) is 11.8 Å². The van der Waals surface area contributed by atoms with Gasteiger partial charge in [-0.2, -0.15) is 0 Å². The van der Waals surface area contributed by atoms with Crippen LogP contribution in [-0.2, 0) is 11.3 Å². The summed E-state index contributed by atoms with van der Waals surface area (Å²) >= 11 is 0. The third-order valence-corrected chi connectivity index (χ3v) is 5.96. The molecule has 0 spiro atoms. The highest BCUT2D eigenvalue weighted by molar-refractivity contribution is 6.11. The maximum Gasteiger partial charge on any atom is 0.256 e. The molecule has 2 fully saturated rings. The molecule has 1 N–H and O–H groups in total. The predicted molar refractivity (Wildman–Crippen MR) is 109 cm³/mol. The quantitative estimate of drug-likeness (QED) is 0.874. The minimum Gasteiger partial charge on any atom is -0.349 e. The number of carbonyl (C=O) groups is 3. The van der Waals surface area contributed by atoms with Gasteiger partial charge in [-0.1, -0.05) is 24.3 Å². The van der Waals surface area contributed by atoms with E-state index in [0.29, 0.717) is 42.4 Å². The lowest BCUT2D eigenvalue weighted by Gasteiger charge is -2.26. The van der Waals surface area contributed by atoms with Crippen molar-refractivity contribution < 1.29 is 14.4 Å². The van der Waals surface area contributed by atoms with Crippen LogP contribution in [0, 0.1) is 0 Å². The van der Waals surface area contributed by atoms with Crippen molar-refractivity contribution in [3.05, 3.63) is 65.2 Å². The topological polar surface area (TPSA) is 69.7 Å². The molecule has 2 aliphatic heterocycles. The summed E-state index contributed by atoms with van der Waals surface area (Å²) in [6.07, 6.45) is 3.66. The van der Waals surface area contributed by atoms with Crippen LogP contribution in [0.25, 0.3) is 0 Å². The number of hydrogen-bond donors (Lipinski definition) is 1. The first-order chi connectivity index (χ1) is 14.1. The molecule has 1 atom stereocenters. The number of para-hydroxylation sites is 1. The number of carbonyl (C=O) groups excluding carboxylic acids is 3. The van der Waals surface area contributed by atoms with E-state index in [0.717, 1.165) is 24.8 Å². The Morgan fingerprint density at radius 2 is 1.76 bits per heavy atom. The average Bonchev–Trinajstić information content (AvgIpc) is 3.43. The molecule has 3 aliphatic rings. The van der Waals surface area contributed by atoms with Crippen molar-refractivity contribution in [1.82, 2.24) is 10.2 Å². The van der Waals surface area contributed by atoms with Crippen LogP contribution in [0.1, 0.15) is 52.0 Å². The Balaban J connectivity index is 1.43. The van der Waals surface area contributed by atoms with Crippen molar-refractivity contribution in [3.8, 4) is 0 Å². The lowest BCUT2D eigenvalue weighted by molar-refractivity contribution is -0.122. The Morgan fingerprint density at radius 1 is 1.00 bits per heavy atom. The molecule has 2 heterocycles. The van der Waals surface area contributed by atoms with Crippen molar-refractivity contribution in [3.63, 3.8) is 0 Å². The fraction of sp³-hybridized carbons (Fsp3) is 0.348. The fourth-order valence-corrected chi connectivity index (χ4v) is 4.21. The molecular formula is C23H23N3O3. The van der Waals surface area contributed by atoms with E-state index < -0.39 is 6.04 Å². The van der Waals surface area contributed by atoms with Gasteiger partial charge in [-0.25, -0.2) is 0 Å². The summed E-state index contributed by atoms with van der Waals surface area (Å²) in [6.45, 7) is 1.00. The summed E-state index contributed by atoms with van der Waals surface area (Å²) in [4.78, 5) is 41.9. The van der Waals surface area contributed by atoms with E-state index in [2.05, 4.69) is 5.32 Å². The van der Waals surface area contributed by atoms with E-state index in [1.807, 2.05) is 30.3 Å². The lowest BCUT2D eigenvalue weighted by atomic mass is 10.1. The molecule has 1 saturated heterocycles. The Bertz CT molecular complexity index is 981. The summed E-state index contributed by atoms with van der Waals surface area (Å²) in [5.41, 5.74) is 2.79. The molecule has 2 aromatic carbocycles. The van der Waals surface area contributed by atoms with Crippen LogP contribution in [0.2, 0.25) is 0 Å². The first-order valence-corrected chi connectivity index (χ1v) is 10.2. The van der Waals surface area contributed by atoms with Crippen molar-refractivity contribution in [2.75, 3.05) is 11.4 Å². The molecule has 2 aromatic rings. The minimum atomic E-state index is -0.390. The fourth-order valence-electron chi connectivity index (χ4n) is 4.21. The maximum absolute atomic E-state index is 13.3. The molecule has 0 unspecified atom stereocenters. The van der Waals surface area contributed by atoms with Crippen LogP contribution in [0.4, 0.5) is 5.69 Å². The van der Waals surface area contributed by atoms with Gasteiger partial charge in [0.1, 0.15) is 6.04 Å². The first-order valence-electron chi connectivity index (χ1n) is 10.2. The highest BCUT2D eigenvalue weighted by atomic mass is 16.2. The van der Waals surface area contributed by atoms with Crippen LogP contribution >= 0.6 is 0 Å². The van der Waals surface area contributed by atoms with Gasteiger partial charge in [0.2, 0.25) is 5.91 Å². The van der Waals surface area contributed by atoms with Gasteiger partial charge in [-0.05, 0) is 55.5 Å². The highest BCUT2D eigenvalue weighted by Crippen LogP contribution is 2.33. The number of amides is 3. The van der Waals surface area contributed by atoms with E-state index in [1.165, 1.54) is 0 Å². The van der Waals surface area contributed by atoms with Gasteiger partial charge in [0, 0.05) is 18.2 Å². The van der Waals surface area contributed by atoms with Gasteiger partial charge in [-0.15, -0.1) is 0 Å². The smallest absolute Gasteiger partial charge is 0.256 e. The molecule has 0 bridgehead atoms. The largest absolute Gasteiger partial charge is 0.349 e. The zero-order valence-electron chi connectivity index (χ0n) is 16.1. The van der Waals surface area contributed by atoms with Crippen molar-refractivity contribution in [2.24, 2.45) is 0 Å². The van der Waals surface area contributed by atoms with Crippen LogP contribution in [0.3, 0.4) is 0 Å². The Labute approximate surface area is 169 Å². The Morgan fingerprint density at radius 3 is 2.52 bits per heavy atom. The summed E-state index contributed by atoms with van der Waals surface area (Å²) in [7, 11) is 0. The van der Waals surface area contributed by atoms with E-state index in [4.69, 9.17) is 0 Å². The zero-order valence-corrected chi connectivity index (χ0v) is 16.1. The first kappa shape index (κ1) is 17.9. The Kier molecular flexibility index (Phi) is 4.34. The SMILES string of the molecule is O=C(NC1CC1)c1ccc(CN2C(=O)[C@H]3CCCN3C(=O)c3ccccc32)cc1. The molecule has 0 aromatic heterocycles. The number of fused-ring (bicyclic) bond motifs is 2. The van der Waals surface area contributed by atoms with Gasteiger partial charge >= 0.3 is 0 Å². The summed E-state index contributed by atoms with van der Waals surface area (Å²) in [5, 5.41) is 2.98. The third kappa shape index (κ3) is 3.28. The second-order valence-electron chi connectivity index (χ2n) is 8.04. The van der Waals surface area contributed by atoms with Crippen LogP contribution < -0.4 is 10.2 Å². The normalized spacial score (nSPS) is 20.9. The van der Waals surface area contributed by atoms with E-state index >= 15 is 0 Å². The van der Waals surface area contributed by atoms with Gasteiger partial charge in [0.05, 0.1) is 17.8 Å². The number of benzene rings is 2. The highest BCUT2D eigenvalue weighted by Gasteiger charge is 2.41. The maximum atomic E-state index is 13.3. The van der Waals surface area contributed by atoms with Crippen molar-refractivity contribution in [2.45, 2.75) is 44.3 Å². The van der Waals surface area contributed by atoms with Crippen LogP contribution in [0.15, 0.2) is 48.5 Å². The molecule has 29 heavy (non-hydrogen) atoms. The molecule has 148 valence electrons. The van der Waals surface area contributed by atoms with E-state index in [-0.39, 0.29) is 17.7 Å². The Hall–Kier alpha value is -3.15. The second-order valence-corrected chi connectivity index (χ2v) is 8.04. The number of hydrogen-bond acceptors (Lipinski definition) is 3. The molecule has 3 amide bonds. The summed E-state index contributed by atoms with van der Waals surface area (Å²) < 4.78 is 0. The molecular weight excluding hydrogens is 366 g/mol. The van der Waals surface area contributed by atoms with Gasteiger partial charge in [-0.3, -0.25) is 14.4 Å². The van der Waals surface area contributed by atoms with Crippen LogP contribution in [-0.4, -0.2) is 41.2 Å². The average molecular weight is 389 g/mol. The third-order valence-electron chi connectivity index (χ3n) is 5.96. The summed E-state index contributed by atoms with van der Waals surface area (Å²) in [6, 6.07) is 14.6. The minimum absolute atomic E-state index is 0.0312. The number of nitrogens with one attached hydrogen (secondary N) is 1. The standard InChI is InChI=1S/C23H23N3O3/c27-21(24-17-11-12-17)16-9-7-15(8-10-16)14-26-19-5-2-1-4-18(19)22(28)25-13-3-6-20(25)23(26)29/h1-2,4-5,7-10,17,20H,3,6,11-14H2,(H,24,27)/t20-/m1/s1.